The van der Waals surface area contributed by atoms with E-state index >= 15 is 0 Å². The summed E-state index contributed by atoms with van der Waals surface area (Å²) in [5.41, 5.74) is 0.891. The summed E-state index contributed by atoms with van der Waals surface area (Å²) in [6.07, 6.45) is 7.45. The zero-order valence-corrected chi connectivity index (χ0v) is 18.7. The van der Waals surface area contributed by atoms with E-state index in [4.69, 9.17) is 10.1 Å². The number of carbonyl (C=O) groups excluding carboxylic acids is 2. The van der Waals surface area contributed by atoms with E-state index in [1.807, 2.05) is 5.38 Å². The summed E-state index contributed by atoms with van der Waals surface area (Å²) in [5.74, 6) is -0.0145. The molecule has 0 radical (unpaired) electrons. The Morgan fingerprint density at radius 3 is 2.66 bits per heavy atom. The van der Waals surface area contributed by atoms with Gasteiger partial charge in [0.15, 0.2) is 5.84 Å². The quantitative estimate of drug-likeness (QED) is 0.383. The molecule has 1 aromatic heterocycles. The SMILES string of the molecule is N=C1C(=Cc2ccc(OC(=O)c3cccs3)cc2)C(=O)N=C2SC(C3CCCCC3)=NN12. The van der Waals surface area contributed by atoms with Crippen molar-refractivity contribution in [3.63, 3.8) is 0 Å². The summed E-state index contributed by atoms with van der Waals surface area (Å²) in [6.45, 7) is 0. The maximum atomic E-state index is 12.6. The molecule has 3 heterocycles. The lowest BCUT2D eigenvalue weighted by Gasteiger charge is -2.20. The van der Waals surface area contributed by atoms with Gasteiger partial charge in [-0.05, 0) is 59.8 Å². The molecule has 1 saturated carbocycles. The first-order valence-corrected chi connectivity index (χ1v) is 12.1. The van der Waals surface area contributed by atoms with Crippen molar-refractivity contribution in [2.24, 2.45) is 16.0 Å². The van der Waals surface area contributed by atoms with Gasteiger partial charge in [-0.3, -0.25) is 10.2 Å². The van der Waals surface area contributed by atoms with Crippen LogP contribution in [0.2, 0.25) is 0 Å². The monoisotopic (exact) mass is 464 g/mol. The van der Waals surface area contributed by atoms with Gasteiger partial charge >= 0.3 is 5.97 Å². The van der Waals surface area contributed by atoms with Crippen molar-refractivity contribution in [1.82, 2.24) is 5.01 Å². The summed E-state index contributed by atoms with van der Waals surface area (Å²) in [6, 6.07) is 10.3. The number of hydrazone groups is 1. The molecule has 5 rings (SSSR count). The van der Waals surface area contributed by atoms with Gasteiger partial charge < -0.3 is 4.74 Å². The number of rotatable bonds is 4. The van der Waals surface area contributed by atoms with Crippen molar-refractivity contribution in [3.8, 4) is 5.75 Å². The number of amidine groups is 2. The average Bonchev–Trinajstić information content (AvgIpc) is 3.49. The Morgan fingerprint density at radius 2 is 1.94 bits per heavy atom. The van der Waals surface area contributed by atoms with Crippen molar-refractivity contribution in [1.29, 1.82) is 5.41 Å². The molecule has 0 spiro atoms. The molecule has 3 aliphatic rings. The maximum absolute atomic E-state index is 12.6. The molecule has 1 N–H and O–H groups in total. The molecule has 0 saturated heterocycles. The predicted molar refractivity (Wildman–Crippen MR) is 127 cm³/mol. The van der Waals surface area contributed by atoms with Crippen molar-refractivity contribution >= 4 is 57.1 Å². The predicted octanol–water partition coefficient (Wildman–Crippen LogP) is 5.17. The van der Waals surface area contributed by atoms with Crippen LogP contribution in [0, 0.1) is 11.3 Å². The number of thioether (sulfide) groups is 1. The fraction of sp³-hybridized carbons (Fsp3) is 0.261. The molecule has 2 aliphatic heterocycles. The normalized spacial score (nSPS) is 20.2. The first kappa shape index (κ1) is 20.8. The highest BCUT2D eigenvalue weighted by atomic mass is 32.2. The van der Waals surface area contributed by atoms with E-state index < -0.39 is 11.9 Å². The van der Waals surface area contributed by atoms with Gasteiger partial charge in [0.2, 0.25) is 5.17 Å². The number of hydrogen-bond donors (Lipinski definition) is 1. The number of aliphatic imine (C=N–C) groups is 1. The third kappa shape index (κ3) is 4.18. The standard InChI is InChI=1S/C23H20N4O3S2/c24-19-17(13-14-8-10-16(11-9-14)30-22(29)18-7-4-12-31-18)20(28)25-23-27(19)26-21(32-23)15-5-2-1-3-6-15/h4,7-13,15,24H,1-3,5-6H2. The van der Waals surface area contributed by atoms with Crippen molar-refractivity contribution < 1.29 is 14.3 Å². The molecule has 9 heteroatoms. The van der Waals surface area contributed by atoms with Gasteiger partial charge in [0, 0.05) is 5.92 Å². The van der Waals surface area contributed by atoms with Crippen LogP contribution in [0.5, 0.6) is 5.75 Å². The number of amides is 1. The third-order valence-corrected chi connectivity index (χ3v) is 7.47. The minimum absolute atomic E-state index is 0.0338. The highest BCUT2D eigenvalue weighted by molar-refractivity contribution is 8.27. The number of hydrogen-bond acceptors (Lipinski definition) is 7. The fourth-order valence-corrected chi connectivity index (χ4v) is 5.53. The van der Waals surface area contributed by atoms with Gasteiger partial charge in [0.1, 0.15) is 15.7 Å². The van der Waals surface area contributed by atoms with Gasteiger partial charge in [0.05, 0.1) is 5.57 Å². The lowest BCUT2D eigenvalue weighted by Crippen LogP contribution is -2.35. The zero-order chi connectivity index (χ0) is 22.1. The average molecular weight is 465 g/mol. The second-order valence-corrected chi connectivity index (χ2v) is 9.66. The summed E-state index contributed by atoms with van der Waals surface area (Å²) in [7, 11) is 0. The topological polar surface area (TPSA) is 95.2 Å². The number of carbonyl (C=O) groups is 2. The molecule has 1 amide bonds. The van der Waals surface area contributed by atoms with Gasteiger partial charge in [-0.25, -0.2) is 4.79 Å². The second kappa shape index (κ2) is 8.84. The Morgan fingerprint density at radius 1 is 1.16 bits per heavy atom. The Bertz CT molecular complexity index is 1160. The van der Waals surface area contributed by atoms with Crippen molar-refractivity contribution in [2.45, 2.75) is 32.1 Å². The van der Waals surface area contributed by atoms with E-state index in [1.54, 1.807) is 42.5 Å². The minimum Gasteiger partial charge on any atom is -0.422 e. The van der Waals surface area contributed by atoms with Crippen LogP contribution >= 0.6 is 23.1 Å². The van der Waals surface area contributed by atoms with Crippen LogP contribution in [0.1, 0.15) is 47.3 Å². The summed E-state index contributed by atoms with van der Waals surface area (Å²) in [4.78, 5) is 29.4. The first-order valence-electron chi connectivity index (χ1n) is 10.4. The van der Waals surface area contributed by atoms with E-state index in [9.17, 15) is 9.59 Å². The first-order chi connectivity index (χ1) is 15.6. The van der Waals surface area contributed by atoms with Crippen LogP contribution in [-0.4, -0.2) is 32.9 Å². The largest absolute Gasteiger partial charge is 0.422 e. The summed E-state index contributed by atoms with van der Waals surface area (Å²) < 4.78 is 5.36. The Labute approximate surface area is 193 Å². The van der Waals surface area contributed by atoms with Gasteiger partial charge in [-0.2, -0.15) is 15.1 Å². The number of esters is 1. The highest BCUT2D eigenvalue weighted by Crippen LogP contribution is 2.36. The molecule has 0 atom stereocenters. The summed E-state index contributed by atoms with van der Waals surface area (Å²) >= 11 is 2.73. The molecule has 0 unspecified atom stereocenters. The number of benzene rings is 1. The number of thiophene rings is 1. The lowest BCUT2D eigenvalue weighted by molar-refractivity contribution is -0.114. The van der Waals surface area contributed by atoms with Crippen LogP contribution in [0.3, 0.4) is 0 Å². The number of ether oxygens (including phenoxy) is 1. The molecule has 2 aromatic rings. The van der Waals surface area contributed by atoms with Crippen molar-refractivity contribution in [2.75, 3.05) is 0 Å². The van der Waals surface area contributed by atoms with E-state index in [-0.39, 0.29) is 11.4 Å². The molecule has 162 valence electrons. The smallest absolute Gasteiger partial charge is 0.353 e. The van der Waals surface area contributed by atoms with Crippen LogP contribution in [0.25, 0.3) is 6.08 Å². The van der Waals surface area contributed by atoms with Crippen LogP contribution < -0.4 is 4.74 Å². The van der Waals surface area contributed by atoms with Gasteiger partial charge in [0.25, 0.3) is 5.91 Å². The Balaban J connectivity index is 1.32. The third-order valence-electron chi connectivity index (χ3n) is 5.55. The molecule has 32 heavy (non-hydrogen) atoms. The molecule has 1 fully saturated rings. The van der Waals surface area contributed by atoms with E-state index in [0.717, 1.165) is 17.9 Å². The minimum atomic E-state index is -0.443. The lowest BCUT2D eigenvalue weighted by atomic mass is 9.90. The molecule has 0 bridgehead atoms. The second-order valence-electron chi connectivity index (χ2n) is 7.73. The number of fused-ring (bicyclic) bond motifs is 1. The molecule has 1 aliphatic carbocycles. The summed E-state index contributed by atoms with van der Waals surface area (Å²) in [5, 5.41) is 17.9. The van der Waals surface area contributed by atoms with E-state index in [2.05, 4.69) is 10.1 Å². The van der Waals surface area contributed by atoms with Crippen molar-refractivity contribution in [3.05, 3.63) is 57.8 Å². The molecular formula is C23H20N4O3S2. The van der Waals surface area contributed by atoms with E-state index in [1.165, 1.54) is 47.4 Å². The number of nitrogens with zero attached hydrogens (tertiary/aromatic N) is 3. The highest BCUT2D eigenvalue weighted by Gasteiger charge is 2.37. The fourth-order valence-electron chi connectivity index (χ4n) is 3.87. The van der Waals surface area contributed by atoms with Gasteiger partial charge in [-0.15, -0.1) is 11.3 Å². The maximum Gasteiger partial charge on any atom is 0.353 e. The van der Waals surface area contributed by atoms with Gasteiger partial charge in [-0.1, -0.05) is 37.5 Å². The Hall–Kier alpha value is -3.04. The van der Waals surface area contributed by atoms with Crippen LogP contribution in [0.4, 0.5) is 0 Å². The zero-order valence-electron chi connectivity index (χ0n) is 17.1. The molecule has 7 nitrogen and oxygen atoms in total. The van der Waals surface area contributed by atoms with Crippen LogP contribution in [-0.2, 0) is 4.79 Å². The number of nitrogens with one attached hydrogen (secondary N) is 1. The van der Waals surface area contributed by atoms with Crippen LogP contribution in [0.15, 0.2) is 57.4 Å². The molecule has 1 aromatic carbocycles. The Kier molecular flexibility index (Phi) is 5.75. The molecular weight excluding hydrogens is 444 g/mol. The van der Waals surface area contributed by atoms with E-state index in [0.29, 0.717) is 27.3 Å².